The Labute approximate surface area is 72.4 Å². The highest BCUT2D eigenvalue weighted by atomic mass is 16.4. The molecule has 0 aromatic heterocycles. The zero-order valence-corrected chi connectivity index (χ0v) is 7.20. The minimum Gasteiger partial charge on any atom is -0.465 e. The minimum absolute atomic E-state index is 0.366. The monoisotopic (exact) mass is 169 g/mol. The van der Waals surface area contributed by atoms with E-state index in [1.807, 2.05) is 0 Å². The van der Waals surface area contributed by atoms with E-state index >= 15 is 0 Å². The summed E-state index contributed by atoms with van der Waals surface area (Å²) < 4.78 is 0. The molecule has 0 aromatic carbocycles. The fourth-order valence-corrected chi connectivity index (χ4v) is 2.48. The van der Waals surface area contributed by atoms with Crippen LogP contribution in [0.25, 0.3) is 0 Å². The molecule has 2 fully saturated rings. The summed E-state index contributed by atoms with van der Waals surface area (Å²) in [6.07, 6.45) is 5.46. The van der Waals surface area contributed by atoms with E-state index < -0.39 is 6.09 Å². The molecule has 1 atom stereocenters. The molecule has 0 spiro atoms. The normalized spacial score (nSPS) is 30.3. The molecular formula is C9H15NO2. The molecule has 1 unspecified atom stereocenters. The number of carbonyl (C=O) groups is 1. The zero-order chi connectivity index (χ0) is 8.55. The van der Waals surface area contributed by atoms with Gasteiger partial charge in [-0.2, -0.15) is 0 Å². The molecule has 0 aromatic rings. The average molecular weight is 169 g/mol. The van der Waals surface area contributed by atoms with Crippen molar-refractivity contribution < 1.29 is 9.90 Å². The lowest BCUT2D eigenvalue weighted by atomic mass is 9.88. The summed E-state index contributed by atoms with van der Waals surface area (Å²) in [5.41, 5.74) is 0. The van der Waals surface area contributed by atoms with Gasteiger partial charge < -0.3 is 10.0 Å². The van der Waals surface area contributed by atoms with Crippen molar-refractivity contribution >= 4 is 6.09 Å². The Morgan fingerprint density at radius 2 is 1.92 bits per heavy atom. The van der Waals surface area contributed by atoms with E-state index in [0.717, 1.165) is 13.0 Å². The van der Waals surface area contributed by atoms with Crippen LogP contribution in [0.15, 0.2) is 0 Å². The van der Waals surface area contributed by atoms with Crippen molar-refractivity contribution in [2.75, 3.05) is 6.54 Å². The molecule has 68 valence electrons. The highest BCUT2D eigenvalue weighted by molar-refractivity contribution is 5.66. The Morgan fingerprint density at radius 1 is 1.25 bits per heavy atom. The number of amides is 1. The number of hydrogen-bond acceptors (Lipinski definition) is 1. The molecule has 1 amide bonds. The van der Waals surface area contributed by atoms with Gasteiger partial charge in [0.1, 0.15) is 0 Å². The van der Waals surface area contributed by atoms with Crippen molar-refractivity contribution in [3.05, 3.63) is 0 Å². The Morgan fingerprint density at radius 3 is 2.33 bits per heavy atom. The third kappa shape index (κ3) is 1.17. The van der Waals surface area contributed by atoms with Crippen molar-refractivity contribution in [1.82, 2.24) is 4.90 Å². The molecule has 1 saturated heterocycles. The zero-order valence-electron chi connectivity index (χ0n) is 7.20. The summed E-state index contributed by atoms with van der Waals surface area (Å²) in [6.45, 7) is 0.760. The maximum absolute atomic E-state index is 10.7. The summed E-state index contributed by atoms with van der Waals surface area (Å²) in [4.78, 5) is 12.3. The van der Waals surface area contributed by atoms with E-state index in [4.69, 9.17) is 5.11 Å². The number of likely N-dealkylation sites (tertiary alicyclic amines) is 1. The van der Waals surface area contributed by atoms with Crippen LogP contribution in [-0.2, 0) is 0 Å². The maximum atomic E-state index is 10.7. The Balaban J connectivity index is 1.91. The van der Waals surface area contributed by atoms with E-state index in [1.165, 1.54) is 25.7 Å². The van der Waals surface area contributed by atoms with Crippen LogP contribution in [0.2, 0.25) is 0 Å². The van der Waals surface area contributed by atoms with Gasteiger partial charge in [0, 0.05) is 12.6 Å². The first-order valence-corrected chi connectivity index (χ1v) is 4.78. The van der Waals surface area contributed by atoms with E-state index in [9.17, 15) is 4.79 Å². The second-order valence-corrected chi connectivity index (χ2v) is 3.88. The molecule has 2 rings (SSSR count). The lowest BCUT2D eigenvalue weighted by Crippen LogP contribution is -2.53. The lowest BCUT2D eigenvalue weighted by Gasteiger charge is -2.42. The van der Waals surface area contributed by atoms with Gasteiger partial charge in [0.15, 0.2) is 0 Å². The first kappa shape index (κ1) is 7.90. The van der Waals surface area contributed by atoms with Crippen LogP contribution in [-0.4, -0.2) is 28.7 Å². The molecule has 0 bridgehead atoms. The lowest BCUT2D eigenvalue weighted by molar-refractivity contribution is 0.0469. The van der Waals surface area contributed by atoms with Gasteiger partial charge in [-0.15, -0.1) is 0 Å². The number of rotatable bonds is 1. The summed E-state index contributed by atoms with van der Waals surface area (Å²) in [5, 5.41) is 8.79. The summed E-state index contributed by atoms with van der Waals surface area (Å²) >= 11 is 0. The Bertz CT molecular complexity index is 187. The van der Waals surface area contributed by atoms with Crippen LogP contribution >= 0.6 is 0 Å². The van der Waals surface area contributed by atoms with Crippen LogP contribution in [0.1, 0.15) is 32.1 Å². The summed E-state index contributed by atoms with van der Waals surface area (Å²) in [6, 6.07) is 0.366. The van der Waals surface area contributed by atoms with Gasteiger partial charge >= 0.3 is 6.09 Å². The van der Waals surface area contributed by atoms with Gasteiger partial charge in [0.05, 0.1) is 0 Å². The molecule has 1 saturated carbocycles. The summed E-state index contributed by atoms with van der Waals surface area (Å²) in [7, 11) is 0. The smallest absolute Gasteiger partial charge is 0.407 e. The molecule has 1 aliphatic heterocycles. The molecule has 1 aliphatic carbocycles. The summed E-state index contributed by atoms with van der Waals surface area (Å²) in [5.74, 6) is 0.676. The van der Waals surface area contributed by atoms with Crippen LogP contribution < -0.4 is 0 Å². The molecular weight excluding hydrogens is 154 g/mol. The third-order valence-electron chi connectivity index (χ3n) is 3.26. The highest BCUT2D eigenvalue weighted by Gasteiger charge is 2.38. The first-order valence-electron chi connectivity index (χ1n) is 4.78. The van der Waals surface area contributed by atoms with E-state index in [1.54, 1.807) is 4.90 Å². The van der Waals surface area contributed by atoms with Gasteiger partial charge in [0.2, 0.25) is 0 Å². The number of carboxylic acid groups (broad SMARTS) is 1. The SMILES string of the molecule is O=C(O)N1CCC1C1CCCC1. The number of nitrogens with zero attached hydrogens (tertiary/aromatic N) is 1. The van der Waals surface area contributed by atoms with E-state index in [0.29, 0.717) is 12.0 Å². The van der Waals surface area contributed by atoms with E-state index in [2.05, 4.69) is 0 Å². The van der Waals surface area contributed by atoms with Gasteiger partial charge in [-0.25, -0.2) is 4.79 Å². The second kappa shape index (κ2) is 2.96. The standard InChI is InChI=1S/C9H15NO2/c11-9(12)10-6-5-8(10)7-3-1-2-4-7/h7-8H,1-6H2,(H,11,12). The Kier molecular flexibility index (Phi) is 1.95. The van der Waals surface area contributed by atoms with E-state index in [-0.39, 0.29) is 0 Å². The van der Waals surface area contributed by atoms with Gasteiger partial charge in [0.25, 0.3) is 0 Å². The molecule has 1 heterocycles. The van der Waals surface area contributed by atoms with Crippen LogP contribution in [0, 0.1) is 5.92 Å². The highest BCUT2D eigenvalue weighted by Crippen LogP contribution is 2.35. The molecule has 1 N–H and O–H groups in total. The van der Waals surface area contributed by atoms with Gasteiger partial charge in [-0.05, 0) is 25.2 Å². The second-order valence-electron chi connectivity index (χ2n) is 3.88. The van der Waals surface area contributed by atoms with Crippen molar-refractivity contribution in [3.63, 3.8) is 0 Å². The van der Waals surface area contributed by atoms with Crippen LogP contribution in [0.5, 0.6) is 0 Å². The van der Waals surface area contributed by atoms with Gasteiger partial charge in [-0.1, -0.05) is 12.8 Å². The molecule has 3 heteroatoms. The van der Waals surface area contributed by atoms with Crippen molar-refractivity contribution in [3.8, 4) is 0 Å². The molecule has 0 radical (unpaired) electrons. The van der Waals surface area contributed by atoms with Crippen molar-refractivity contribution in [2.24, 2.45) is 5.92 Å². The number of hydrogen-bond donors (Lipinski definition) is 1. The third-order valence-corrected chi connectivity index (χ3v) is 3.26. The fraction of sp³-hybridized carbons (Fsp3) is 0.889. The predicted octanol–water partition coefficient (Wildman–Crippen LogP) is 1.93. The minimum atomic E-state index is -0.724. The van der Waals surface area contributed by atoms with Gasteiger partial charge in [-0.3, -0.25) is 0 Å². The van der Waals surface area contributed by atoms with Crippen LogP contribution in [0.4, 0.5) is 4.79 Å². The predicted molar refractivity (Wildman–Crippen MR) is 45.1 cm³/mol. The molecule has 2 aliphatic rings. The first-order chi connectivity index (χ1) is 5.79. The largest absolute Gasteiger partial charge is 0.465 e. The topological polar surface area (TPSA) is 40.5 Å². The fourth-order valence-electron chi connectivity index (χ4n) is 2.48. The molecule has 12 heavy (non-hydrogen) atoms. The van der Waals surface area contributed by atoms with Crippen LogP contribution in [0.3, 0.4) is 0 Å². The average Bonchev–Trinajstić information content (AvgIpc) is 2.35. The Hall–Kier alpha value is -0.730. The van der Waals surface area contributed by atoms with Crippen molar-refractivity contribution in [1.29, 1.82) is 0 Å². The molecule has 3 nitrogen and oxygen atoms in total. The van der Waals surface area contributed by atoms with Crippen molar-refractivity contribution in [2.45, 2.75) is 38.1 Å². The quantitative estimate of drug-likeness (QED) is 0.651. The maximum Gasteiger partial charge on any atom is 0.407 e.